The molecule has 0 aromatic heterocycles. The van der Waals surface area contributed by atoms with E-state index in [9.17, 15) is 19.1 Å². The number of likely N-dealkylation sites (tertiary alicyclic amines) is 1. The molecule has 2 N–H and O–H groups in total. The average molecular weight is 299 g/mol. The number of carboxylic acid groups (broad SMARTS) is 1. The van der Waals surface area contributed by atoms with Gasteiger partial charge >= 0.3 is 5.97 Å². The maximum Gasteiger partial charge on any atom is 0.326 e. The number of nitrogens with zero attached hydrogens (tertiary/aromatic N) is 1. The van der Waals surface area contributed by atoms with E-state index in [2.05, 4.69) is 0 Å². The lowest BCUT2D eigenvalue weighted by atomic mass is 10.2. The molecule has 1 saturated heterocycles. The SMILES string of the molecule is O=C(O)[C@@H]1C[C@H](O)CN1C(=O)CSc1ccccc1F. The molecule has 1 aromatic rings. The van der Waals surface area contributed by atoms with E-state index < -0.39 is 29.8 Å². The number of aliphatic carboxylic acids is 1. The summed E-state index contributed by atoms with van der Waals surface area (Å²) in [6.07, 6.45) is -0.788. The van der Waals surface area contributed by atoms with Gasteiger partial charge in [-0.25, -0.2) is 9.18 Å². The molecule has 2 rings (SSSR count). The van der Waals surface area contributed by atoms with Gasteiger partial charge in [-0.2, -0.15) is 0 Å². The second kappa shape index (κ2) is 6.23. The summed E-state index contributed by atoms with van der Waals surface area (Å²) in [5.41, 5.74) is 0. The standard InChI is InChI=1S/C13H14FNO4S/c14-9-3-1-2-4-11(9)20-7-12(17)15-6-8(16)5-10(15)13(18)19/h1-4,8,10,16H,5-7H2,(H,18,19)/t8-,10-/m0/s1. The number of hydrogen-bond acceptors (Lipinski definition) is 4. The van der Waals surface area contributed by atoms with Gasteiger partial charge in [0, 0.05) is 17.9 Å². The normalized spacial score (nSPS) is 22.0. The third-order valence-corrected chi connectivity index (χ3v) is 4.11. The Bertz CT molecular complexity index is 525. The molecule has 1 aliphatic rings. The lowest BCUT2D eigenvalue weighted by Crippen LogP contribution is -2.41. The highest BCUT2D eigenvalue weighted by molar-refractivity contribution is 8.00. The first-order valence-corrected chi connectivity index (χ1v) is 7.05. The summed E-state index contributed by atoms with van der Waals surface area (Å²) in [7, 11) is 0. The van der Waals surface area contributed by atoms with E-state index in [1.54, 1.807) is 18.2 Å². The number of carboxylic acids is 1. The largest absolute Gasteiger partial charge is 0.480 e. The van der Waals surface area contributed by atoms with Gasteiger partial charge in [0.1, 0.15) is 11.9 Å². The van der Waals surface area contributed by atoms with Crippen LogP contribution in [0.5, 0.6) is 0 Å². The van der Waals surface area contributed by atoms with Crippen LogP contribution >= 0.6 is 11.8 Å². The Morgan fingerprint density at radius 3 is 2.75 bits per heavy atom. The number of halogens is 1. The fraction of sp³-hybridized carbons (Fsp3) is 0.385. The quantitative estimate of drug-likeness (QED) is 0.810. The van der Waals surface area contributed by atoms with Crippen molar-refractivity contribution in [3.63, 3.8) is 0 Å². The number of rotatable bonds is 4. The number of aliphatic hydroxyl groups is 1. The van der Waals surface area contributed by atoms with Gasteiger partial charge in [-0.05, 0) is 12.1 Å². The molecule has 20 heavy (non-hydrogen) atoms. The van der Waals surface area contributed by atoms with E-state index in [0.29, 0.717) is 4.90 Å². The second-order valence-corrected chi connectivity index (χ2v) is 5.53. The minimum absolute atomic E-state index is 0.00757. The van der Waals surface area contributed by atoms with Crippen LogP contribution in [0.1, 0.15) is 6.42 Å². The molecule has 0 unspecified atom stereocenters. The zero-order valence-corrected chi connectivity index (χ0v) is 11.3. The fourth-order valence-corrected chi connectivity index (χ4v) is 2.93. The van der Waals surface area contributed by atoms with Crippen LogP contribution in [0.4, 0.5) is 4.39 Å². The fourth-order valence-electron chi connectivity index (χ4n) is 2.11. The third-order valence-electron chi connectivity index (χ3n) is 3.07. The van der Waals surface area contributed by atoms with Crippen molar-refractivity contribution >= 4 is 23.6 Å². The van der Waals surface area contributed by atoms with Crippen LogP contribution in [0.15, 0.2) is 29.2 Å². The lowest BCUT2D eigenvalue weighted by Gasteiger charge is -2.20. The summed E-state index contributed by atoms with van der Waals surface area (Å²) in [5, 5.41) is 18.5. The molecule has 0 aliphatic carbocycles. The van der Waals surface area contributed by atoms with Crippen molar-refractivity contribution < 1.29 is 24.2 Å². The summed E-state index contributed by atoms with van der Waals surface area (Å²) in [6, 6.07) is 5.07. The van der Waals surface area contributed by atoms with Gasteiger partial charge in [0.15, 0.2) is 0 Å². The van der Waals surface area contributed by atoms with E-state index in [-0.39, 0.29) is 18.7 Å². The van der Waals surface area contributed by atoms with Gasteiger partial charge in [0.05, 0.1) is 11.9 Å². The van der Waals surface area contributed by atoms with Crippen molar-refractivity contribution in [2.45, 2.75) is 23.5 Å². The molecule has 1 heterocycles. The van der Waals surface area contributed by atoms with Gasteiger partial charge < -0.3 is 15.1 Å². The van der Waals surface area contributed by atoms with E-state index in [1.807, 2.05) is 0 Å². The van der Waals surface area contributed by atoms with E-state index >= 15 is 0 Å². The Morgan fingerprint density at radius 2 is 2.10 bits per heavy atom. The summed E-state index contributed by atoms with van der Waals surface area (Å²) >= 11 is 1.02. The first-order valence-electron chi connectivity index (χ1n) is 6.06. The maximum absolute atomic E-state index is 13.4. The van der Waals surface area contributed by atoms with Crippen molar-refractivity contribution in [3.8, 4) is 0 Å². The molecule has 7 heteroatoms. The van der Waals surface area contributed by atoms with Crippen molar-refractivity contribution in [1.29, 1.82) is 0 Å². The minimum Gasteiger partial charge on any atom is -0.480 e. The zero-order chi connectivity index (χ0) is 14.7. The van der Waals surface area contributed by atoms with Crippen LogP contribution < -0.4 is 0 Å². The van der Waals surface area contributed by atoms with Crippen LogP contribution in [0.3, 0.4) is 0 Å². The van der Waals surface area contributed by atoms with Crippen LogP contribution in [0.25, 0.3) is 0 Å². The summed E-state index contributed by atoms with van der Waals surface area (Å²) < 4.78 is 13.4. The van der Waals surface area contributed by atoms with Gasteiger partial charge in [-0.3, -0.25) is 4.79 Å². The van der Waals surface area contributed by atoms with Crippen LogP contribution in [-0.4, -0.2) is 51.4 Å². The highest BCUT2D eigenvalue weighted by atomic mass is 32.2. The van der Waals surface area contributed by atoms with Crippen LogP contribution in [-0.2, 0) is 9.59 Å². The number of amides is 1. The lowest BCUT2D eigenvalue weighted by molar-refractivity contribution is -0.147. The number of carbonyl (C=O) groups is 2. The average Bonchev–Trinajstić information content (AvgIpc) is 2.80. The van der Waals surface area contributed by atoms with E-state index in [0.717, 1.165) is 16.7 Å². The molecule has 1 amide bonds. The summed E-state index contributed by atoms with van der Waals surface area (Å²) in [4.78, 5) is 24.5. The van der Waals surface area contributed by atoms with E-state index in [4.69, 9.17) is 5.11 Å². The molecule has 1 aromatic carbocycles. The van der Waals surface area contributed by atoms with Crippen molar-refractivity contribution in [2.75, 3.05) is 12.3 Å². The van der Waals surface area contributed by atoms with Gasteiger partial charge in [0.25, 0.3) is 0 Å². The molecule has 0 saturated carbocycles. The molecular weight excluding hydrogens is 285 g/mol. The van der Waals surface area contributed by atoms with Crippen LogP contribution in [0, 0.1) is 5.82 Å². The molecule has 2 atom stereocenters. The van der Waals surface area contributed by atoms with Crippen molar-refractivity contribution in [1.82, 2.24) is 4.90 Å². The smallest absolute Gasteiger partial charge is 0.326 e. The molecule has 0 spiro atoms. The Labute approximate surface area is 119 Å². The van der Waals surface area contributed by atoms with Gasteiger partial charge in [0.2, 0.25) is 5.91 Å². The maximum atomic E-state index is 13.4. The second-order valence-electron chi connectivity index (χ2n) is 4.51. The monoisotopic (exact) mass is 299 g/mol. The summed E-state index contributed by atoms with van der Waals surface area (Å²) in [6.45, 7) is 0.00757. The molecule has 0 radical (unpaired) electrons. The van der Waals surface area contributed by atoms with Crippen molar-refractivity contribution in [2.24, 2.45) is 0 Å². The molecule has 5 nitrogen and oxygen atoms in total. The molecular formula is C13H14FNO4S. The topological polar surface area (TPSA) is 77.8 Å². The Balaban J connectivity index is 1.98. The van der Waals surface area contributed by atoms with Crippen LogP contribution in [0.2, 0.25) is 0 Å². The Hall–Kier alpha value is -1.60. The first-order chi connectivity index (χ1) is 9.49. The van der Waals surface area contributed by atoms with Gasteiger partial charge in [-0.1, -0.05) is 12.1 Å². The number of hydrogen-bond donors (Lipinski definition) is 2. The van der Waals surface area contributed by atoms with Crippen molar-refractivity contribution in [3.05, 3.63) is 30.1 Å². The molecule has 1 fully saturated rings. The first kappa shape index (κ1) is 14.8. The highest BCUT2D eigenvalue weighted by Gasteiger charge is 2.38. The number of thioether (sulfide) groups is 1. The number of β-amino-alcohol motifs (C(OH)–C–C–N with tert-alkyl or cyclic N) is 1. The number of carbonyl (C=O) groups excluding carboxylic acids is 1. The number of benzene rings is 1. The zero-order valence-electron chi connectivity index (χ0n) is 10.5. The molecule has 108 valence electrons. The van der Waals surface area contributed by atoms with Gasteiger partial charge in [-0.15, -0.1) is 11.8 Å². The Morgan fingerprint density at radius 1 is 1.40 bits per heavy atom. The van der Waals surface area contributed by atoms with E-state index in [1.165, 1.54) is 6.07 Å². The molecule has 1 aliphatic heterocycles. The number of aliphatic hydroxyl groups excluding tert-OH is 1. The third kappa shape index (κ3) is 3.29. The predicted octanol–water partition coefficient (Wildman–Crippen LogP) is 0.964. The Kier molecular flexibility index (Phi) is 4.61. The predicted molar refractivity (Wildman–Crippen MR) is 70.9 cm³/mol. The molecule has 0 bridgehead atoms. The minimum atomic E-state index is -1.13. The highest BCUT2D eigenvalue weighted by Crippen LogP contribution is 2.24. The summed E-state index contributed by atoms with van der Waals surface area (Å²) in [5.74, 6) is -2.02.